The molecule has 22 heavy (non-hydrogen) atoms. The number of para-hydroxylation sites is 1. The molecule has 0 bridgehead atoms. The molecular formula is C16H21N4O2+. The molecule has 2 rings (SSSR count). The van der Waals surface area contributed by atoms with Crippen LogP contribution in [0.2, 0.25) is 0 Å². The second-order valence-corrected chi connectivity index (χ2v) is 5.53. The molecule has 1 aliphatic rings. The Kier molecular flexibility index (Phi) is 5.12. The Morgan fingerprint density at radius 3 is 2.55 bits per heavy atom. The first-order valence-electron chi connectivity index (χ1n) is 7.43. The summed E-state index contributed by atoms with van der Waals surface area (Å²) < 4.78 is 0. The predicted molar refractivity (Wildman–Crippen MR) is 82.2 cm³/mol. The summed E-state index contributed by atoms with van der Waals surface area (Å²) in [6, 6.07) is 8.82. The van der Waals surface area contributed by atoms with Crippen LogP contribution in [0.25, 0.3) is 0 Å². The van der Waals surface area contributed by atoms with E-state index in [0.717, 1.165) is 18.0 Å². The van der Waals surface area contributed by atoms with E-state index >= 15 is 0 Å². The Morgan fingerprint density at radius 2 is 1.95 bits per heavy atom. The van der Waals surface area contributed by atoms with Crippen molar-refractivity contribution in [2.75, 3.05) is 31.5 Å². The topological polar surface area (TPSA) is 77.6 Å². The number of carbonyl (C=O) groups is 2. The molecule has 1 atom stereocenters. The van der Waals surface area contributed by atoms with Crippen molar-refractivity contribution in [2.24, 2.45) is 0 Å². The van der Waals surface area contributed by atoms with Gasteiger partial charge in [-0.25, -0.2) is 0 Å². The molecule has 1 aliphatic heterocycles. The van der Waals surface area contributed by atoms with Crippen LogP contribution in [0.5, 0.6) is 0 Å². The summed E-state index contributed by atoms with van der Waals surface area (Å²) in [6.45, 7) is 6.32. The Balaban J connectivity index is 1.96. The van der Waals surface area contributed by atoms with Gasteiger partial charge < -0.3 is 15.1 Å². The van der Waals surface area contributed by atoms with E-state index in [9.17, 15) is 9.59 Å². The monoisotopic (exact) mass is 301 g/mol. The number of benzene rings is 1. The van der Waals surface area contributed by atoms with Crippen molar-refractivity contribution in [1.82, 2.24) is 4.90 Å². The number of hydrogen-bond donors (Lipinski definition) is 2. The lowest BCUT2D eigenvalue weighted by atomic mass is 10.1. The molecule has 116 valence electrons. The van der Waals surface area contributed by atoms with Gasteiger partial charge >= 0.3 is 0 Å². The zero-order chi connectivity index (χ0) is 16.1. The molecule has 1 heterocycles. The minimum atomic E-state index is -0.221. The van der Waals surface area contributed by atoms with Crippen LogP contribution in [-0.4, -0.2) is 48.9 Å². The number of hydrogen-bond acceptors (Lipinski definition) is 3. The van der Waals surface area contributed by atoms with Crippen LogP contribution in [0.15, 0.2) is 24.3 Å². The molecule has 1 aromatic carbocycles. The maximum Gasteiger partial charge on any atom is 0.282 e. The number of rotatable bonds is 3. The van der Waals surface area contributed by atoms with Crippen LogP contribution in [-0.2, 0) is 9.59 Å². The number of nitriles is 1. The molecule has 0 aliphatic carbocycles. The third kappa shape index (κ3) is 3.62. The van der Waals surface area contributed by atoms with Gasteiger partial charge in [0.25, 0.3) is 5.91 Å². The van der Waals surface area contributed by atoms with Crippen molar-refractivity contribution < 1.29 is 14.5 Å². The lowest BCUT2D eigenvalue weighted by Gasteiger charge is -2.34. The van der Waals surface area contributed by atoms with E-state index in [2.05, 4.69) is 11.4 Å². The summed E-state index contributed by atoms with van der Waals surface area (Å²) in [5.41, 5.74) is 1.00. The van der Waals surface area contributed by atoms with Crippen molar-refractivity contribution in [3.8, 4) is 6.07 Å². The van der Waals surface area contributed by atoms with Gasteiger partial charge in [-0.1, -0.05) is 12.1 Å². The van der Waals surface area contributed by atoms with Gasteiger partial charge in [-0.15, -0.1) is 0 Å². The van der Waals surface area contributed by atoms with Crippen molar-refractivity contribution in [2.45, 2.75) is 19.9 Å². The molecule has 6 heteroatoms. The minimum Gasteiger partial charge on any atom is -0.332 e. The Hall–Kier alpha value is -2.39. The normalized spacial score (nSPS) is 16.7. The summed E-state index contributed by atoms with van der Waals surface area (Å²) in [6.07, 6.45) is 0. The first-order chi connectivity index (χ1) is 10.5. The van der Waals surface area contributed by atoms with Gasteiger partial charge in [0.2, 0.25) is 5.91 Å². The fraction of sp³-hybridized carbons (Fsp3) is 0.438. The highest BCUT2D eigenvalue weighted by atomic mass is 16.2. The van der Waals surface area contributed by atoms with Crippen LogP contribution in [0, 0.1) is 11.3 Å². The van der Waals surface area contributed by atoms with E-state index in [1.54, 1.807) is 36.1 Å². The summed E-state index contributed by atoms with van der Waals surface area (Å²) in [5.74, 6) is -0.0203. The van der Waals surface area contributed by atoms with Crippen LogP contribution < -0.4 is 10.2 Å². The Labute approximate surface area is 130 Å². The van der Waals surface area contributed by atoms with Gasteiger partial charge in [0, 0.05) is 6.92 Å². The third-order valence-corrected chi connectivity index (χ3v) is 4.16. The first kappa shape index (κ1) is 16.0. The number of anilines is 1. The summed E-state index contributed by atoms with van der Waals surface area (Å²) >= 11 is 0. The van der Waals surface area contributed by atoms with Crippen molar-refractivity contribution >= 4 is 17.5 Å². The Morgan fingerprint density at radius 1 is 1.32 bits per heavy atom. The molecule has 1 saturated heterocycles. The van der Waals surface area contributed by atoms with Gasteiger partial charge in [0.1, 0.15) is 6.07 Å². The molecular weight excluding hydrogens is 280 g/mol. The predicted octanol–water partition coefficient (Wildman–Crippen LogP) is -0.368. The van der Waals surface area contributed by atoms with E-state index in [0.29, 0.717) is 24.3 Å². The molecule has 6 nitrogen and oxygen atoms in total. The summed E-state index contributed by atoms with van der Waals surface area (Å²) in [4.78, 5) is 26.7. The summed E-state index contributed by atoms with van der Waals surface area (Å²) in [7, 11) is 0. The van der Waals surface area contributed by atoms with E-state index in [-0.39, 0.29) is 17.9 Å². The number of quaternary nitrogens is 1. The highest BCUT2D eigenvalue weighted by molar-refractivity contribution is 5.94. The zero-order valence-electron chi connectivity index (χ0n) is 12.9. The van der Waals surface area contributed by atoms with E-state index in [4.69, 9.17) is 5.26 Å². The first-order valence-corrected chi connectivity index (χ1v) is 7.43. The van der Waals surface area contributed by atoms with Crippen molar-refractivity contribution in [1.29, 1.82) is 5.26 Å². The largest absolute Gasteiger partial charge is 0.332 e. The van der Waals surface area contributed by atoms with Crippen LogP contribution in [0.4, 0.5) is 5.69 Å². The average Bonchev–Trinajstić information content (AvgIpc) is 2.54. The maximum atomic E-state index is 12.4. The molecule has 0 unspecified atom stereocenters. The number of amides is 2. The highest BCUT2D eigenvalue weighted by Crippen LogP contribution is 2.13. The molecule has 0 aromatic heterocycles. The standard InChI is InChI=1S/C16H20N4O2/c1-12(19-7-9-20(10-8-19)13(2)21)16(22)18-15-6-4-3-5-14(15)11-17/h3-6,12H,7-10H2,1-2H3,(H,18,22)/p+1/t12-/m0/s1. The van der Waals surface area contributed by atoms with Gasteiger partial charge in [-0.2, -0.15) is 5.26 Å². The van der Waals surface area contributed by atoms with E-state index in [1.807, 2.05) is 6.92 Å². The molecule has 1 fully saturated rings. The second-order valence-electron chi connectivity index (χ2n) is 5.53. The molecule has 0 spiro atoms. The SMILES string of the molecule is CC(=O)N1CC[NH+]([C@@H](C)C(=O)Nc2ccccc2C#N)CC1. The lowest BCUT2D eigenvalue weighted by molar-refractivity contribution is -0.917. The average molecular weight is 301 g/mol. The quantitative estimate of drug-likeness (QED) is 0.800. The van der Waals surface area contributed by atoms with Gasteiger partial charge in [-0.3, -0.25) is 9.59 Å². The van der Waals surface area contributed by atoms with E-state index in [1.165, 1.54) is 0 Å². The molecule has 2 N–H and O–H groups in total. The molecule has 0 radical (unpaired) electrons. The third-order valence-electron chi connectivity index (χ3n) is 4.16. The zero-order valence-corrected chi connectivity index (χ0v) is 12.9. The number of nitrogens with one attached hydrogen (secondary N) is 2. The van der Waals surface area contributed by atoms with Crippen molar-refractivity contribution in [3.05, 3.63) is 29.8 Å². The van der Waals surface area contributed by atoms with E-state index < -0.39 is 0 Å². The van der Waals surface area contributed by atoms with Gasteiger partial charge in [0.05, 0.1) is 37.4 Å². The highest BCUT2D eigenvalue weighted by Gasteiger charge is 2.30. The minimum absolute atomic E-state index is 0.0825. The van der Waals surface area contributed by atoms with Crippen molar-refractivity contribution in [3.63, 3.8) is 0 Å². The second kappa shape index (κ2) is 7.05. The number of carbonyl (C=O) groups excluding carboxylic acids is 2. The molecule has 0 saturated carbocycles. The van der Waals surface area contributed by atoms with Gasteiger partial charge in [0.15, 0.2) is 6.04 Å². The van der Waals surface area contributed by atoms with Crippen LogP contribution in [0.3, 0.4) is 0 Å². The van der Waals surface area contributed by atoms with Crippen LogP contribution in [0.1, 0.15) is 19.4 Å². The molecule has 1 aromatic rings. The fourth-order valence-corrected chi connectivity index (χ4v) is 2.66. The smallest absolute Gasteiger partial charge is 0.282 e. The number of piperazine rings is 1. The van der Waals surface area contributed by atoms with Gasteiger partial charge in [-0.05, 0) is 19.1 Å². The summed E-state index contributed by atoms with van der Waals surface area (Å²) in [5, 5.41) is 11.9. The van der Waals surface area contributed by atoms with Crippen LogP contribution >= 0.6 is 0 Å². The Bertz CT molecular complexity index is 600. The maximum absolute atomic E-state index is 12.4. The molecule has 2 amide bonds. The fourth-order valence-electron chi connectivity index (χ4n) is 2.66. The number of nitrogens with zero attached hydrogens (tertiary/aromatic N) is 2. The lowest BCUT2D eigenvalue weighted by Crippen LogP contribution is -3.19.